The Balaban J connectivity index is 1.59. The molecule has 0 spiro atoms. The topological polar surface area (TPSA) is 9.23 Å². The van der Waals surface area contributed by atoms with Gasteiger partial charge < -0.3 is 4.74 Å². The summed E-state index contributed by atoms with van der Waals surface area (Å²) >= 11 is 3.50. The third-order valence-corrected chi connectivity index (χ3v) is 5.41. The van der Waals surface area contributed by atoms with Crippen LogP contribution < -0.4 is 0 Å². The number of aryl methyl sites for hydroxylation is 2. The summed E-state index contributed by atoms with van der Waals surface area (Å²) in [5.41, 5.74) is 4.54. The van der Waals surface area contributed by atoms with Gasteiger partial charge in [0, 0.05) is 17.4 Å². The van der Waals surface area contributed by atoms with Crippen LogP contribution >= 0.6 is 15.9 Å². The van der Waals surface area contributed by atoms with Crippen molar-refractivity contribution in [3.8, 4) is 0 Å². The molecule has 1 fully saturated rings. The largest absolute Gasteiger partial charge is 0.380 e. The molecule has 0 aliphatic carbocycles. The molecule has 1 nitrogen and oxygen atoms in total. The summed E-state index contributed by atoms with van der Waals surface area (Å²) in [5.74, 6) is 0. The van der Waals surface area contributed by atoms with Gasteiger partial charge >= 0.3 is 0 Å². The van der Waals surface area contributed by atoms with E-state index in [1.165, 1.54) is 29.5 Å². The molecule has 2 heteroatoms. The normalized spacial score (nSPS) is 20.7. The first kappa shape index (κ1) is 16.7. The van der Waals surface area contributed by atoms with Crippen molar-refractivity contribution in [2.24, 2.45) is 0 Å². The number of alkyl halides is 1. The van der Waals surface area contributed by atoms with Gasteiger partial charge in [0.1, 0.15) is 0 Å². The van der Waals surface area contributed by atoms with Crippen molar-refractivity contribution in [1.82, 2.24) is 0 Å². The molecular formula is C21H25BrO. The van der Waals surface area contributed by atoms with Gasteiger partial charge in [-0.3, -0.25) is 0 Å². The number of benzene rings is 2. The van der Waals surface area contributed by atoms with E-state index < -0.39 is 0 Å². The fourth-order valence-corrected chi connectivity index (χ4v) is 4.04. The number of ether oxygens (including phenoxy) is 1. The molecule has 23 heavy (non-hydrogen) atoms. The maximum atomic E-state index is 5.76. The minimum atomic E-state index is 0.233. The van der Waals surface area contributed by atoms with Gasteiger partial charge in [0.2, 0.25) is 0 Å². The lowest BCUT2D eigenvalue weighted by molar-refractivity contribution is 0.173. The van der Waals surface area contributed by atoms with Crippen molar-refractivity contribution in [3.05, 3.63) is 71.3 Å². The molecule has 122 valence electrons. The molecule has 1 atom stereocenters. The maximum Gasteiger partial charge on any atom is 0.0563 e. The summed E-state index contributed by atoms with van der Waals surface area (Å²) in [6.07, 6.45) is 5.84. The van der Waals surface area contributed by atoms with Crippen molar-refractivity contribution in [1.29, 1.82) is 0 Å². The van der Waals surface area contributed by atoms with Gasteiger partial charge in [0.15, 0.2) is 0 Å². The Labute approximate surface area is 148 Å². The quantitative estimate of drug-likeness (QED) is 0.598. The Bertz CT molecular complexity index is 585. The number of halogens is 1. The number of hydrogen-bond acceptors (Lipinski definition) is 1. The van der Waals surface area contributed by atoms with Gasteiger partial charge in [-0.1, -0.05) is 70.5 Å². The summed E-state index contributed by atoms with van der Waals surface area (Å²) in [4.78, 5) is 0. The van der Waals surface area contributed by atoms with Crippen LogP contribution in [0.1, 0.15) is 36.0 Å². The van der Waals surface area contributed by atoms with Crippen LogP contribution in [0.4, 0.5) is 0 Å². The van der Waals surface area contributed by atoms with E-state index in [2.05, 4.69) is 70.5 Å². The van der Waals surface area contributed by atoms with Gasteiger partial charge in [0.25, 0.3) is 0 Å². The minimum absolute atomic E-state index is 0.233. The fraction of sp³-hybridized carbons (Fsp3) is 0.429. The van der Waals surface area contributed by atoms with Crippen LogP contribution in [0.2, 0.25) is 0 Å². The van der Waals surface area contributed by atoms with Crippen LogP contribution in [0.3, 0.4) is 0 Å². The van der Waals surface area contributed by atoms with Gasteiger partial charge in [0.05, 0.1) is 6.61 Å². The Morgan fingerprint density at radius 3 is 2.22 bits per heavy atom. The summed E-state index contributed by atoms with van der Waals surface area (Å²) in [7, 11) is 0. The lowest BCUT2D eigenvalue weighted by Gasteiger charge is -2.28. The molecular weight excluding hydrogens is 348 g/mol. The van der Waals surface area contributed by atoms with Crippen LogP contribution in [0.5, 0.6) is 0 Å². The van der Waals surface area contributed by atoms with E-state index in [0.29, 0.717) is 0 Å². The lowest BCUT2D eigenvalue weighted by Crippen LogP contribution is -2.26. The van der Waals surface area contributed by atoms with Gasteiger partial charge in [-0.25, -0.2) is 0 Å². The minimum Gasteiger partial charge on any atom is -0.380 e. The molecule has 3 rings (SSSR count). The number of hydrogen-bond donors (Lipinski definition) is 0. The van der Waals surface area contributed by atoms with E-state index in [1.807, 2.05) is 0 Å². The van der Waals surface area contributed by atoms with Crippen molar-refractivity contribution in [3.63, 3.8) is 0 Å². The zero-order chi connectivity index (χ0) is 16.0. The zero-order valence-electron chi connectivity index (χ0n) is 13.6. The molecule has 0 amide bonds. The highest BCUT2D eigenvalue weighted by Crippen LogP contribution is 2.37. The van der Waals surface area contributed by atoms with E-state index in [9.17, 15) is 0 Å². The van der Waals surface area contributed by atoms with Crippen molar-refractivity contribution in [2.75, 3.05) is 18.5 Å². The molecule has 1 heterocycles. The molecule has 2 aromatic carbocycles. The molecule has 0 N–H and O–H groups in total. The average molecular weight is 373 g/mol. The molecule has 2 aromatic rings. The SMILES string of the molecule is BrCCc1ccc(CCCC2(c3ccccc3)CCOC2)cc1. The van der Waals surface area contributed by atoms with Crippen molar-refractivity contribution < 1.29 is 4.74 Å². The van der Waals surface area contributed by atoms with Crippen molar-refractivity contribution in [2.45, 2.75) is 37.5 Å². The van der Waals surface area contributed by atoms with Crippen molar-refractivity contribution >= 4 is 15.9 Å². The Hall–Kier alpha value is -1.12. The van der Waals surface area contributed by atoms with Crippen LogP contribution in [-0.4, -0.2) is 18.5 Å². The summed E-state index contributed by atoms with van der Waals surface area (Å²) in [5, 5.41) is 1.03. The van der Waals surface area contributed by atoms with E-state index >= 15 is 0 Å². The molecule has 1 aliphatic heterocycles. The second-order valence-electron chi connectivity index (χ2n) is 6.56. The monoisotopic (exact) mass is 372 g/mol. The lowest BCUT2D eigenvalue weighted by atomic mass is 9.75. The predicted octanol–water partition coefficient (Wildman–Crippen LogP) is 5.31. The zero-order valence-corrected chi connectivity index (χ0v) is 15.2. The van der Waals surface area contributed by atoms with Gasteiger partial charge in [-0.2, -0.15) is 0 Å². The predicted molar refractivity (Wildman–Crippen MR) is 100 cm³/mol. The summed E-state index contributed by atoms with van der Waals surface area (Å²) in [6, 6.07) is 20.0. The molecule has 0 aromatic heterocycles. The van der Waals surface area contributed by atoms with Crippen LogP contribution in [-0.2, 0) is 23.0 Å². The second kappa shape index (κ2) is 8.12. The molecule has 1 saturated heterocycles. The van der Waals surface area contributed by atoms with E-state index in [-0.39, 0.29) is 5.41 Å². The molecule has 1 unspecified atom stereocenters. The standard InChI is InChI=1S/C21H25BrO/c22-15-12-19-10-8-18(9-11-19)5-4-13-21(14-16-23-17-21)20-6-2-1-3-7-20/h1-3,6-11H,4-5,12-17H2. The highest BCUT2D eigenvalue weighted by atomic mass is 79.9. The maximum absolute atomic E-state index is 5.76. The Morgan fingerprint density at radius 2 is 1.61 bits per heavy atom. The van der Waals surface area contributed by atoms with E-state index in [1.54, 1.807) is 0 Å². The third kappa shape index (κ3) is 4.24. The second-order valence-corrected chi connectivity index (χ2v) is 7.35. The Kier molecular flexibility index (Phi) is 5.91. The molecule has 1 aliphatic rings. The highest BCUT2D eigenvalue weighted by molar-refractivity contribution is 9.09. The van der Waals surface area contributed by atoms with Crippen LogP contribution in [0.15, 0.2) is 54.6 Å². The first-order valence-electron chi connectivity index (χ1n) is 8.59. The number of rotatable bonds is 7. The molecule has 0 radical (unpaired) electrons. The van der Waals surface area contributed by atoms with Crippen LogP contribution in [0.25, 0.3) is 0 Å². The fourth-order valence-electron chi connectivity index (χ4n) is 3.58. The Morgan fingerprint density at radius 1 is 0.913 bits per heavy atom. The highest BCUT2D eigenvalue weighted by Gasteiger charge is 2.35. The summed E-state index contributed by atoms with van der Waals surface area (Å²) in [6.45, 7) is 1.78. The first-order valence-corrected chi connectivity index (χ1v) is 9.72. The summed E-state index contributed by atoms with van der Waals surface area (Å²) < 4.78 is 5.76. The van der Waals surface area contributed by atoms with E-state index in [0.717, 1.165) is 37.8 Å². The smallest absolute Gasteiger partial charge is 0.0563 e. The average Bonchev–Trinajstić information content (AvgIpc) is 3.08. The van der Waals surface area contributed by atoms with Gasteiger partial charge in [-0.05, 0) is 48.8 Å². The molecule has 0 bridgehead atoms. The van der Waals surface area contributed by atoms with Crippen LogP contribution in [0, 0.1) is 0 Å². The molecule has 0 saturated carbocycles. The van der Waals surface area contributed by atoms with E-state index in [4.69, 9.17) is 4.74 Å². The third-order valence-electron chi connectivity index (χ3n) is 5.02. The first-order chi connectivity index (χ1) is 11.3. The van der Waals surface area contributed by atoms with Gasteiger partial charge in [-0.15, -0.1) is 0 Å².